The molecule has 0 aliphatic heterocycles. The van der Waals surface area contributed by atoms with Crippen LogP contribution in [0.1, 0.15) is 12.5 Å². The predicted molar refractivity (Wildman–Crippen MR) is 66.6 cm³/mol. The molecule has 5 nitrogen and oxygen atoms in total. The van der Waals surface area contributed by atoms with Crippen molar-refractivity contribution in [1.82, 2.24) is 5.32 Å². The maximum atomic E-state index is 8.33. The third-order valence-corrected chi connectivity index (χ3v) is 2.12. The number of rotatable bonds is 5. The Kier molecular flexibility index (Phi) is 5.38. The molecule has 90 valence electrons. The number of hydrogen-bond acceptors (Lipinski definition) is 3. The van der Waals surface area contributed by atoms with Gasteiger partial charge in [-0.1, -0.05) is 18.2 Å². The number of aliphatic imine (C=N–C) groups is 1. The third-order valence-electron chi connectivity index (χ3n) is 2.12. The van der Waals surface area contributed by atoms with Gasteiger partial charge in [0, 0.05) is 6.54 Å². The van der Waals surface area contributed by atoms with Crippen molar-refractivity contribution in [3.05, 3.63) is 29.8 Å². The summed E-state index contributed by atoms with van der Waals surface area (Å²) in [6.07, 6.45) is 2.44. The molecular weight excluding hydrogens is 216 g/mol. The Labute approximate surface area is 101 Å². The van der Waals surface area contributed by atoms with E-state index in [0.717, 1.165) is 17.7 Å². The van der Waals surface area contributed by atoms with E-state index in [-0.39, 0.29) is 5.96 Å². The van der Waals surface area contributed by atoms with Gasteiger partial charge in [0.1, 0.15) is 5.75 Å². The maximum Gasteiger partial charge on any atom is 0.202 e. The van der Waals surface area contributed by atoms with Gasteiger partial charge in [-0.3, -0.25) is 10.3 Å². The topological polar surface area (TPSA) is 83.4 Å². The molecule has 0 saturated carbocycles. The first-order valence-corrected chi connectivity index (χ1v) is 5.43. The molecule has 1 aromatic rings. The molecule has 0 saturated heterocycles. The van der Waals surface area contributed by atoms with E-state index in [4.69, 9.17) is 15.7 Å². The van der Waals surface area contributed by atoms with Crippen molar-refractivity contribution in [3.8, 4) is 11.9 Å². The molecule has 0 amide bonds. The third kappa shape index (κ3) is 4.43. The number of nitrogens with one attached hydrogen (secondary N) is 1. The predicted octanol–water partition coefficient (Wildman–Crippen LogP) is 1.01. The molecule has 0 atom stereocenters. The zero-order valence-corrected chi connectivity index (χ0v) is 9.81. The van der Waals surface area contributed by atoms with Gasteiger partial charge >= 0.3 is 0 Å². The molecule has 0 spiro atoms. The molecular formula is C12H16N4O. The van der Waals surface area contributed by atoms with Gasteiger partial charge in [0.15, 0.2) is 6.19 Å². The van der Waals surface area contributed by atoms with Crippen LogP contribution in [0, 0.1) is 11.5 Å². The lowest BCUT2D eigenvalue weighted by atomic mass is 10.1. The number of hydrogen-bond donors (Lipinski definition) is 2. The van der Waals surface area contributed by atoms with E-state index < -0.39 is 0 Å². The number of nitriles is 1. The van der Waals surface area contributed by atoms with Gasteiger partial charge in [-0.2, -0.15) is 5.26 Å². The van der Waals surface area contributed by atoms with E-state index in [0.29, 0.717) is 13.2 Å². The van der Waals surface area contributed by atoms with Crippen LogP contribution in [0.15, 0.2) is 29.3 Å². The summed E-state index contributed by atoms with van der Waals surface area (Å²) in [4.78, 5) is 4.02. The second kappa shape index (κ2) is 7.12. The van der Waals surface area contributed by atoms with E-state index in [1.807, 2.05) is 31.2 Å². The fourth-order valence-corrected chi connectivity index (χ4v) is 1.40. The van der Waals surface area contributed by atoms with Crippen LogP contribution < -0.4 is 15.8 Å². The number of ether oxygens (including phenoxy) is 1. The molecule has 1 aromatic carbocycles. The number of benzene rings is 1. The Bertz CT molecular complexity index is 423. The minimum absolute atomic E-state index is 0.140. The summed E-state index contributed by atoms with van der Waals surface area (Å²) in [7, 11) is 0. The molecule has 0 bridgehead atoms. The Balaban J connectivity index is 2.57. The lowest BCUT2D eigenvalue weighted by Gasteiger charge is -2.08. The fourth-order valence-electron chi connectivity index (χ4n) is 1.40. The van der Waals surface area contributed by atoms with Crippen LogP contribution in [0.4, 0.5) is 0 Å². The second-order valence-electron chi connectivity index (χ2n) is 3.29. The molecule has 0 unspecified atom stereocenters. The van der Waals surface area contributed by atoms with E-state index in [9.17, 15) is 0 Å². The lowest BCUT2D eigenvalue weighted by Crippen LogP contribution is -2.27. The highest BCUT2D eigenvalue weighted by Crippen LogP contribution is 2.18. The van der Waals surface area contributed by atoms with E-state index in [1.165, 1.54) is 0 Å². The Morgan fingerprint density at radius 2 is 2.29 bits per heavy atom. The summed E-state index contributed by atoms with van der Waals surface area (Å²) in [5.74, 6) is 1.01. The molecule has 17 heavy (non-hydrogen) atoms. The van der Waals surface area contributed by atoms with Gasteiger partial charge in [0.05, 0.1) is 6.61 Å². The molecule has 0 fully saturated rings. The Hall–Kier alpha value is -2.22. The number of nitrogens with zero attached hydrogens (tertiary/aromatic N) is 2. The van der Waals surface area contributed by atoms with Gasteiger partial charge in [0.25, 0.3) is 0 Å². The molecule has 5 heteroatoms. The SMILES string of the molecule is CCOc1ccccc1CCN=C(N)NC#N. The van der Waals surface area contributed by atoms with Crippen LogP contribution in [0.5, 0.6) is 5.75 Å². The quantitative estimate of drug-likeness (QED) is 0.343. The zero-order chi connectivity index (χ0) is 12.5. The summed E-state index contributed by atoms with van der Waals surface area (Å²) in [6, 6.07) is 7.82. The highest BCUT2D eigenvalue weighted by molar-refractivity contribution is 5.79. The van der Waals surface area contributed by atoms with Gasteiger partial charge in [-0.15, -0.1) is 0 Å². The molecule has 0 radical (unpaired) electrons. The van der Waals surface area contributed by atoms with Crippen molar-refractivity contribution in [2.75, 3.05) is 13.2 Å². The van der Waals surface area contributed by atoms with Crippen LogP contribution in [0.2, 0.25) is 0 Å². The number of guanidine groups is 1. The molecule has 0 aromatic heterocycles. The monoisotopic (exact) mass is 232 g/mol. The average molecular weight is 232 g/mol. The Morgan fingerprint density at radius 1 is 1.53 bits per heavy atom. The van der Waals surface area contributed by atoms with Crippen molar-refractivity contribution in [3.63, 3.8) is 0 Å². The standard InChI is InChI=1S/C12H16N4O/c1-2-17-11-6-4-3-5-10(11)7-8-15-12(14)16-9-13/h3-6H,2,7-8H2,1H3,(H3,14,15,16). The summed E-state index contributed by atoms with van der Waals surface area (Å²) in [6.45, 7) is 3.10. The van der Waals surface area contributed by atoms with Crippen LogP contribution >= 0.6 is 0 Å². The van der Waals surface area contributed by atoms with Crippen molar-refractivity contribution < 1.29 is 4.74 Å². The van der Waals surface area contributed by atoms with Crippen molar-refractivity contribution in [2.24, 2.45) is 10.7 Å². The van der Waals surface area contributed by atoms with Crippen molar-refractivity contribution in [1.29, 1.82) is 5.26 Å². The Morgan fingerprint density at radius 3 is 3.00 bits per heavy atom. The molecule has 0 aliphatic carbocycles. The van der Waals surface area contributed by atoms with Crippen LogP contribution in [0.25, 0.3) is 0 Å². The highest BCUT2D eigenvalue weighted by Gasteiger charge is 2.01. The molecule has 1 rings (SSSR count). The summed E-state index contributed by atoms with van der Waals surface area (Å²) >= 11 is 0. The minimum Gasteiger partial charge on any atom is -0.494 e. The van der Waals surface area contributed by atoms with Crippen LogP contribution in [-0.2, 0) is 6.42 Å². The normalized spacial score (nSPS) is 10.7. The van der Waals surface area contributed by atoms with Crippen molar-refractivity contribution >= 4 is 5.96 Å². The molecule has 3 N–H and O–H groups in total. The summed E-state index contributed by atoms with van der Waals surface area (Å²) in [5.41, 5.74) is 6.52. The highest BCUT2D eigenvalue weighted by atomic mass is 16.5. The van der Waals surface area contributed by atoms with E-state index >= 15 is 0 Å². The average Bonchev–Trinajstić information content (AvgIpc) is 2.32. The van der Waals surface area contributed by atoms with Crippen LogP contribution in [-0.4, -0.2) is 19.1 Å². The zero-order valence-electron chi connectivity index (χ0n) is 9.81. The summed E-state index contributed by atoms with van der Waals surface area (Å²) < 4.78 is 5.49. The second-order valence-corrected chi connectivity index (χ2v) is 3.29. The van der Waals surface area contributed by atoms with Gasteiger partial charge in [-0.05, 0) is 25.0 Å². The van der Waals surface area contributed by atoms with Gasteiger partial charge in [0.2, 0.25) is 5.96 Å². The molecule has 0 heterocycles. The largest absolute Gasteiger partial charge is 0.494 e. The van der Waals surface area contributed by atoms with E-state index in [1.54, 1.807) is 6.19 Å². The molecule has 0 aliphatic rings. The fraction of sp³-hybridized carbons (Fsp3) is 0.333. The van der Waals surface area contributed by atoms with Crippen molar-refractivity contribution in [2.45, 2.75) is 13.3 Å². The lowest BCUT2D eigenvalue weighted by molar-refractivity contribution is 0.336. The van der Waals surface area contributed by atoms with E-state index in [2.05, 4.69) is 10.3 Å². The smallest absolute Gasteiger partial charge is 0.202 e. The first-order chi connectivity index (χ1) is 8.27. The number of nitrogens with two attached hydrogens (primary N) is 1. The van der Waals surface area contributed by atoms with Gasteiger partial charge in [-0.25, -0.2) is 0 Å². The van der Waals surface area contributed by atoms with Gasteiger partial charge < -0.3 is 10.5 Å². The summed E-state index contributed by atoms with van der Waals surface area (Å²) in [5, 5.41) is 10.6. The minimum atomic E-state index is 0.140. The number of para-hydroxylation sites is 1. The van der Waals surface area contributed by atoms with Crippen LogP contribution in [0.3, 0.4) is 0 Å². The first-order valence-electron chi connectivity index (χ1n) is 5.43. The first kappa shape index (κ1) is 12.8. The maximum absolute atomic E-state index is 8.33.